The first-order valence-electron chi connectivity index (χ1n) is 7.72. The van der Waals surface area contributed by atoms with Crippen LogP contribution < -0.4 is 25.1 Å². The molecule has 25 heavy (non-hydrogen) atoms. The molecular formula is C18H20N2O5. The summed E-state index contributed by atoms with van der Waals surface area (Å²) >= 11 is 0. The first-order chi connectivity index (χ1) is 12.1. The molecule has 0 spiro atoms. The molecule has 0 radical (unpaired) electrons. The van der Waals surface area contributed by atoms with Gasteiger partial charge in [0.05, 0.1) is 19.3 Å². The van der Waals surface area contributed by atoms with Gasteiger partial charge in [-0.1, -0.05) is 12.1 Å². The van der Waals surface area contributed by atoms with E-state index in [1.807, 2.05) is 6.92 Å². The summed E-state index contributed by atoms with van der Waals surface area (Å²) in [6.45, 7) is 2.03. The van der Waals surface area contributed by atoms with Crippen LogP contribution in [0.5, 0.6) is 17.2 Å². The summed E-state index contributed by atoms with van der Waals surface area (Å²) in [7, 11) is 1.57. The van der Waals surface area contributed by atoms with Gasteiger partial charge in [0.2, 0.25) is 0 Å². The van der Waals surface area contributed by atoms with Crippen LogP contribution in [0.3, 0.4) is 0 Å². The summed E-state index contributed by atoms with van der Waals surface area (Å²) in [5.41, 5.74) is 4.97. The van der Waals surface area contributed by atoms with Crippen LogP contribution in [-0.4, -0.2) is 32.1 Å². The van der Waals surface area contributed by atoms with Gasteiger partial charge in [0.15, 0.2) is 6.61 Å². The second kappa shape index (κ2) is 9.17. The van der Waals surface area contributed by atoms with Crippen molar-refractivity contribution in [3.63, 3.8) is 0 Å². The van der Waals surface area contributed by atoms with Gasteiger partial charge in [-0.15, -0.1) is 0 Å². The minimum atomic E-state index is -0.488. The van der Waals surface area contributed by atoms with E-state index in [4.69, 9.17) is 14.2 Å². The lowest BCUT2D eigenvalue weighted by molar-refractivity contribution is -0.123. The third-order valence-corrected chi connectivity index (χ3v) is 3.18. The normalized spacial score (nSPS) is 9.84. The van der Waals surface area contributed by atoms with Crippen LogP contribution in [-0.2, 0) is 4.79 Å². The summed E-state index contributed by atoms with van der Waals surface area (Å²) in [6, 6.07) is 13.6. The van der Waals surface area contributed by atoms with Crippen molar-refractivity contribution in [2.24, 2.45) is 0 Å². The number of methoxy groups -OCH3 is 1. The van der Waals surface area contributed by atoms with Crippen molar-refractivity contribution < 1.29 is 23.8 Å². The highest BCUT2D eigenvalue weighted by Gasteiger charge is 2.12. The van der Waals surface area contributed by atoms with Gasteiger partial charge in [0.25, 0.3) is 11.8 Å². The highest BCUT2D eigenvalue weighted by molar-refractivity contribution is 5.97. The maximum Gasteiger partial charge on any atom is 0.276 e. The number of benzene rings is 2. The van der Waals surface area contributed by atoms with E-state index in [9.17, 15) is 9.59 Å². The van der Waals surface area contributed by atoms with E-state index in [0.717, 1.165) is 0 Å². The van der Waals surface area contributed by atoms with E-state index in [-0.39, 0.29) is 6.61 Å². The molecule has 0 aliphatic heterocycles. The third kappa shape index (κ3) is 5.42. The Morgan fingerprint density at radius 3 is 2.28 bits per heavy atom. The zero-order valence-electron chi connectivity index (χ0n) is 14.1. The number of carbonyl (C=O) groups excluding carboxylic acids is 2. The summed E-state index contributed by atoms with van der Waals surface area (Å²) in [5, 5.41) is 0. The molecule has 0 saturated carbocycles. The topological polar surface area (TPSA) is 85.9 Å². The van der Waals surface area contributed by atoms with Crippen LogP contribution >= 0.6 is 0 Å². The van der Waals surface area contributed by atoms with Crippen molar-refractivity contribution in [3.8, 4) is 17.2 Å². The Bertz CT molecular complexity index is 716. The lowest BCUT2D eigenvalue weighted by Crippen LogP contribution is -2.43. The van der Waals surface area contributed by atoms with Gasteiger partial charge in [-0.25, -0.2) is 0 Å². The van der Waals surface area contributed by atoms with E-state index in [0.29, 0.717) is 29.4 Å². The summed E-state index contributed by atoms with van der Waals surface area (Å²) in [4.78, 5) is 23.9. The number of hydrogen-bond acceptors (Lipinski definition) is 5. The molecule has 2 aromatic carbocycles. The lowest BCUT2D eigenvalue weighted by atomic mass is 10.2. The number of amides is 2. The number of rotatable bonds is 7. The predicted octanol–water partition coefficient (Wildman–Crippen LogP) is 1.93. The Morgan fingerprint density at radius 1 is 0.920 bits per heavy atom. The fourth-order valence-corrected chi connectivity index (χ4v) is 1.99. The third-order valence-electron chi connectivity index (χ3n) is 3.18. The molecule has 0 bridgehead atoms. The van der Waals surface area contributed by atoms with E-state index >= 15 is 0 Å². The van der Waals surface area contributed by atoms with Crippen LogP contribution in [0, 0.1) is 0 Å². The van der Waals surface area contributed by atoms with Gasteiger partial charge in [-0.05, 0) is 43.3 Å². The van der Waals surface area contributed by atoms with Crippen LogP contribution in [0.1, 0.15) is 17.3 Å². The number of carbonyl (C=O) groups is 2. The fourth-order valence-electron chi connectivity index (χ4n) is 1.99. The van der Waals surface area contributed by atoms with Crippen LogP contribution in [0.2, 0.25) is 0 Å². The second-order valence-corrected chi connectivity index (χ2v) is 4.90. The van der Waals surface area contributed by atoms with E-state index in [2.05, 4.69) is 10.9 Å². The first-order valence-corrected chi connectivity index (χ1v) is 7.72. The quantitative estimate of drug-likeness (QED) is 0.750. The molecule has 7 heteroatoms. The van der Waals surface area contributed by atoms with E-state index < -0.39 is 11.8 Å². The van der Waals surface area contributed by atoms with Crippen molar-refractivity contribution in [3.05, 3.63) is 54.1 Å². The Labute approximate surface area is 145 Å². The molecule has 7 nitrogen and oxygen atoms in total. The molecule has 2 rings (SSSR count). The summed E-state index contributed by atoms with van der Waals surface area (Å²) in [6.07, 6.45) is 0. The fraction of sp³-hybridized carbons (Fsp3) is 0.222. The Kier molecular flexibility index (Phi) is 6.65. The smallest absolute Gasteiger partial charge is 0.276 e. The number of para-hydroxylation sites is 1. The molecule has 0 heterocycles. The van der Waals surface area contributed by atoms with Crippen molar-refractivity contribution in [2.45, 2.75) is 6.92 Å². The zero-order chi connectivity index (χ0) is 18.1. The molecule has 0 aliphatic rings. The van der Waals surface area contributed by atoms with Gasteiger partial charge in [-0.2, -0.15) is 0 Å². The SMILES string of the molecule is CCOc1ccccc1C(=O)NNC(=O)COc1ccc(OC)cc1. The first kappa shape index (κ1) is 18.1. The van der Waals surface area contributed by atoms with Gasteiger partial charge in [0, 0.05) is 0 Å². The number of ether oxygens (including phenoxy) is 3. The predicted molar refractivity (Wildman–Crippen MR) is 91.7 cm³/mol. The highest BCUT2D eigenvalue weighted by Crippen LogP contribution is 2.18. The maximum atomic E-state index is 12.1. The van der Waals surface area contributed by atoms with Crippen molar-refractivity contribution >= 4 is 11.8 Å². The average molecular weight is 344 g/mol. The monoisotopic (exact) mass is 344 g/mol. The highest BCUT2D eigenvalue weighted by atomic mass is 16.5. The van der Waals surface area contributed by atoms with Gasteiger partial charge in [-0.3, -0.25) is 20.4 Å². The molecule has 0 saturated heterocycles. The molecule has 0 aliphatic carbocycles. The molecule has 132 valence electrons. The minimum Gasteiger partial charge on any atom is -0.497 e. The second-order valence-electron chi connectivity index (χ2n) is 4.90. The Balaban J connectivity index is 1.82. The Hall–Kier alpha value is -3.22. The zero-order valence-corrected chi connectivity index (χ0v) is 14.1. The van der Waals surface area contributed by atoms with E-state index in [1.54, 1.807) is 55.6 Å². The molecule has 0 unspecified atom stereocenters. The lowest BCUT2D eigenvalue weighted by Gasteiger charge is -2.11. The Morgan fingerprint density at radius 2 is 1.60 bits per heavy atom. The van der Waals surface area contributed by atoms with E-state index in [1.165, 1.54) is 0 Å². The molecule has 0 atom stereocenters. The molecular weight excluding hydrogens is 324 g/mol. The molecule has 2 aromatic rings. The van der Waals surface area contributed by atoms with Gasteiger partial charge in [0.1, 0.15) is 17.2 Å². The van der Waals surface area contributed by atoms with Gasteiger partial charge < -0.3 is 14.2 Å². The molecule has 0 fully saturated rings. The van der Waals surface area contributed by atoms with Crippen LogP contribution in [0.15, 0.2) is 48.5 Å². The minimum absolute atomic E-state index is 0.236. The standard InChI is InChI=1S/C18H20N2O5/c1-3-24-16-7-5-4-6-15(16)18(22)20-19-17(21)12-25-14-10-8-13(23-2)9-11-14/h4-11H,3,12H2,1-2H3,(H,19,21)(H,20,22). The van der Waals surface area contributed by atoms with Crippen molar-refractivity contribution in [2.75, 3.05) is 20.3 Å². The summed E-state index contributed by atoms with van der Waals surface area (Å²) < 4.78 is 15.7. The van der Waals surface area contributed by atoms with Crippen LogP contribution in [0.25, 0.3) is 0 Å². The number of hydrogen-bond donors (Lipinski definition) is 2. The summed E-state index contributed by atoms with van der Waals surface area (Å²) in [5.74, 6) is 0.701. The number of hydrazine groups is 1. The molecule has 2 amide bonds. The van der Waals surface area contributed by atoms with Crippen molar-refractivity contribution in [1.82, 2.24) is 10.9 Å². The van der Waals surface area contributed by atoms with Crippen molar-refractivity contribution in [1.29, 1.82) is 0 Å². The van der Waals surface area contributed by atoms with Gasteiger partial charge >= 0.3 is 0 Å². The van der Waals surface area contributed by atoms with Crippen LogP contribution in [0.4, 0.5) is 0 Å². The average Bonchev–Trinajstić information content (AvgIpc) is 2.65. The largest absolute Gasteiger partial charge is 0.497 e. The molecule has 0 aromatic heterocycles. The molecule has 2 N–H and O–H groups in total. The number of nitrogens with one attached hydrogen (secondary N) is 2. The maximum absolute atomic E-state index is 12.1.